The average Bonchev–Trinajstić information content (AvgIpc) is 2.18. The van der Waals surface area contributed by atoms with Crippen LogP contribution in [0.15, 0.2) is 48.1 Å². The fourth-order valence-corrected chi connectivity index (χ4v) is 1.13. The fourth-order valence-electron chi connectivity index (χ4n) is 1.13. The summed E-state index contributed by atoms with van der Waals surface area (Å²) >= 11 is 0. The molecule has 0 saturated heterocycles. The fraction of sp³-hybridized carbons (Fsp3) is 0.385. The Hall–Kier alpha value is -1.08. The van der Waals surface area contributed by atoms with E-state index in [4.69, 9.17) is 0 Å². The molecule has 78 valence electrons. The second-order valence-electron chi connectivity index (χ2n) is 3.21. The minimum absolute atomic E-state index is 0.384. The molecular formula is C13H21N. The van der Waals surface area contributed by atoms with E-state index in [1.807, 2.05) is 39.1 Å². The monoisotopic (exact) mass is 191 g/mol. The first-order valence-corrected chi connectivity index (χ1v) is 4.98. The van der Waals surface area contributed by atoms with Gasteiger partial charge in [0.15, 0.2) is 0 Å². The van der Waals surface area contributed by atoms with Crippen LogP contribution in [-0.4, -0.2) is 13.1 Å². The summed E-state index contributed by atoms with van der Waals surface area (Å²) in [6.45, 7) is 10.1. The van der Waals surface area contributed by atoms with Crippen LogP contribution in [0.3, 0.4) is 0 Å². The highest BCUT2D eigenvalue weighted by molar-refractivity contribution is 5.34. The second kappa shape index (κ2) is 7.34. The van der Waals surface area contributed by atoms with Gasteiger partial charge in [0, 0.05) is 6.04 Å². The zero-order valence-electron chi connectivity index (χ0n) is 9.67. The van der Waals surface area contributed by atoms with Gasteiger partial charge in [-0.15, -0.1) is 0 Å². The lowest BCUT2D eigenvalue weighted by molar-refractivity contribution is 0.704. The van der Waals surface area contributed by atoms with Crippen LogP contribution >= 0.6 is 0 Å². The molecule has 0 aromatic rings. The van der Waals surface area contributed by atoms with Gasteiger partial charge in [0.05, 0.1) is 0 Å². The van der Waals surface area contributed by atoms with Gasteiger partial charge in [0.25, 0.3) is 0 Å². The molecule has 0 spiro atoms. The molecule has 0 aromatic heterocycles. The summed E-state index contributed by atoms with van der Waals surface area (Å²) in [5.41, 5.74) is 2.30. The van der Waals surface area contributed by atoms with E-state index in [1.165, 1.54) is 5.57 Å². The van der Waals surface area contributed by atoms with Gasteiger partial charge in [-0.2, -0.15) is 0 Å². The summed E-state index contributed by atoms with van der Waals surface area (Å²) in [4.78, 5) is 0. The molecule has 0 amide bonds. The first kappa shape index (κ1) is 12.9. The highest BCUT2D eigenvalue weighted by Gasteiger charge is 1.99. The first-order valence-electron chi connectivity index (χ1n) is 4.98. The Bertz CT molecular complexity index is 256. The number of nitrogens with one attached hydrogen (secondary N) is 1. The van der Waals surface area contributed by atoms with Gasteiger partial charge in [-0.25, -0.2) is 0 Å². The van der Waals surface area contributed by atoms with E-state index in [0.717, 1.165) is 5.57 Å². The van der Waals surface area contributed by atoms with Crippen molar-refractivity contribution in [1.82, 2.24) is 5.32 Å². The third-order valence-corrected chi connectivity index (χ3v) is 2.14. The zero-order chi connectivity index (χ0) is 11.0. The van der Waals surface area contributed by atoms with E-state index in [0.29, 0.717) is 6.04 Å². The maximum atomic E-state index is 3.91. The van der Waals surface area contributed by atoms with Gasteiger partial charge in [-0.1, -0.05) is 37.0 Å². The van der Waals surface area contributed by atoms with Crippen molar-refractivity contribution in [2.45, 2.75) is 26.8 Å². The Morgan fingerprint density at radius 1 is 1.21 bits per heavy atom. The van der Waals surface area contributed by atoms with Crippen molar-refractivity contribution in [2.24, 2.45) is 0 Å². The van der Waals surface area contributed by atoms with Crippen molar-refractivity contribution in [3.63, 3.8) is 0 Å². The molecule has 14 heavy (non-hydrogen) atoms. The van der Waals surface area contributed by atoms with E-state index in [2.05, 4.69) is 31.0 Å². The molecular weight excluding hydrogens is 170 g/mol. The zero-order valence-corrected chi connectivity index (χ0v) is 9.67. The van der Waals surface area contributed by atoms with Crippen molar-refractivity contribution in [3.8, 4) is 0 Å². The minimum Gasteiger partial charge on any atom is -0.313 e. The lowest BCUT2D eigenvalue weighted by Gasteiger charge is -2.10. The van der Waals surface area contributed by atoms with E-state index in [1.54, 1.807) is 0 Å². The standard InChI is InChI=1S/C13H21N/c1-6-8-11(3)9-10-13(7-2)12(4)14-5/h6-10,12,14H,3H2,1-2,4-5H3/b8-6+,10-9-,13-7+. The van der Waals surface area contributed by atoms with Crippen LogP contribution < -0.4 is 5.32 Å². The molecule has 1 unspecified atom stereocenters. The van der Waals surface area contributed by atoms with Crippen molar-refractivity contribution in [2.75, 3.05) is 7.05 Å². The van der Waals surface area contributed by atoms with Gasteiger partial charge >= 0.3 is 0 Å². The number of allylic oxidation sites excluding steroid dienone is 5. The van der Waals surface area contributed by atoms with E-state index in [-0.39, 0.29) is 0 Å². The van der Waals surface area contributed by atoms with Crippen molar-refractivity contribution in [3.05, 3.63) is 48.1 Å². The van der Waals surface area contributed by atoms with Crippen LogP contribution in [0.1, 0.15) is 20.8 Å². The highest BCUT2D eigenvalue weighted by atomic mass is 14.9. The number of likely N-dealkylation sites (N-methyl/N-ethyl adjacent to an activating group) is 1. The smallest absolute Gasteiger partial charge is 0.0285 e. The van der Waals surface area contributed by atoms with Crippen molar-refractivity contribution in [1.29, 1.82) is 0 Å². The highest BCUT2D eigenvalue weighted by Crippen LogP contribution is 2.06. The van der Waals surface area contributed by atoms with Gasteiger partial charge in [-0.3, -0.25) is 0 Å². The Labute approximate surface area is 87.9 Å². The Morgan fingerprint density at radius 3 is 2.29 bits per heavy atom. The van der Waals surface area contributed by atoms with Crippen LogP contribution in [0.5, 0.6) is 0 Å². The molecule has 0 aliphatic rings. The molecule has 1 heteroatoms. The minimum atomic E-state index is 0.384. The summed E-state index contributed by atoms with van der Waals surface area (Å²) in [5.74, 6) is 0. The van der Waals surface area contributed by atoms with E-state index >= 15 is 0 Å². The third kappa shape index (κ3) is 4.83. The summed E-state index contributed by atoms with van der Waals surface area (Å²) in [6, 6.07) is 0.384. The Balaban J connectivity index is 4.40. The molecule has 1 N–H and O–H groups in total. The summed E-state index contributed by atoms with van der Waals surface area (Å²) < 4.78 is 0. The molecule has 0 radical (unpaired) electrons. The van der Waals surface area contributed by atoms with Crippen LogP contribution in [0.25, 0.3) is 0 Å². The predicted octanol–water partition coefficient (Wildman–Crippen LogP) is 3.23. The second-order valence-corrected chi connectivity index (χ2v) is 3.21. The Kier molecular flexibility index (Phi) is 6.77. The third-order valence-electron chi connectivity index (χ3n) is 2.14. The first-order chi connectivity index (χ1) is 6.65. The quantitative estimate of drug-likeness (QED) is 0.658. The summed E-state index contributed by atoms with van der Waals surface area (Å²) in [6.07, 6.45) is 10.2. The van der Waals surface area contributed by atoms with Crippen LogP contribution in [0, 0.1) is 0 Å². The Morgan fingerprint density at radius 2 is 1.86 bits per heavy atom. The maximum Gasteiger partial charge on any atom is 0.0285 e. The van der Waals surface area contributed by atoms with Gasteiger partial charge < -0.3 is 5.32 Å². The molecule has 1 atom stereocenters. The molecule has 0 heterocycles. The van der Waals surface area contributed by atoms with E-state index in [9.17, 15) is 0 Å². The topological polar surface area (TPSA) is 12.0 Å². The van der Waals surface area contributed by atoms with Gasteiger partial charge in [0.2, 0.25) is 0 Å². The average molecular weight is 191 g/mol. The normalized spacial score (nSPS) is 15.3. The van der Waals surface area contributed by atoms with Crippen LogP contribution in [0.4, 0.5) is 0 Å². The molecule has 0 rings (SSSR count). The largest absolute Gasteiger partial charge is 0.313 e. The summed E-state index contributed by atoms with van der Waals surface area (Å²) in [5, 5.41) is 3.20. The van der Waals surface area contributed by atoms with Gasteiger partial charge in [0.1, 0.15) is 0 Å². The van der Waals surface area contributed by atoms with E-state index < -0.39 is 0 Å². The lowest BCUT2D eigenvalue weighted by Crippen LogP contribution is -2.22. The van der Waals surface area contributed by atoms with Crippen LogP contribution in [-0.2, 0) is 0 Å². The molecule has 0 aliphatic carbocycles. The maximum absolute atomic E-state index is 3.91. The van der Waals surface area contributed by atoms with Crippen molar-refractivity contribution < 1.29 is 0 Å². The van der Waals surface area contributed by atoms with Crippen molar-refractivity contribution >= 4 is 0 Å². The molecule has 0 bridgehead atoms. The molecule has 0 aliphatic heterocycles. The van der Waals surface area contributed by atoms with Gasteiger partial charge in [-0.05, 0) is 39.0 Å². The molecule has 0 saturated carbocycles. The number of hydrogen-bond acceptors (Lipinski definition) is 1. The summed E-state index contributed by atoms with van der Waals surface area (Å²) in [7, 11) is 1.96. The molecule has 0 fully saturated rings. The predicted molar refractivity (Wildman–Crippen MR) is 65.4 cm³/mol. The SMILES string of the molecule is C=C(/C=C\C(=C/C)C(C)NC)/C=C/C. The lowest BCUT2D eigenvalue weighted by atomic mass is 10.1. The molecule has 1 nitrogen and oxygen atoms in total. The number of hydrogen-bond donors (Lipinski definition) is 1. The van der Waals surface area contributed by atoms with Crippen LogP contribution in [0.2, 0.25) is 0 Å². The number of rotatable bonds is 5. The molecule has 0 aromatic carbocycles.